The first kappa shape index (κ1) is 15.1. The number of hydrogen-bond acceptors (Lipinski definition) is 3. The average Bonchev–Trinajstić information content (AvgIpc) is 2.49. The van der Waals surface area contributed by atoms with Crippen LogP contribution >= 0.6 is 0 Å². The van der Waals surface area contributed by atoms with E-state index in [1.54, 1.807) is 14.2 Å². The van der Waals surface area contributed by atoms with Gasteiger partial charge in [-0.2, -0.15) is 0 Å². The van der Waals surface area contributed by atoms with Gasteiger partial charge in [-0.15, -0.1) is 0 Å². The standard InChI is InChI=1S/C18H20O3/c1-13-4-6-14(7-5-13)10-16(19)11-15-8-9-17(20-2)18(12-15)21-3/h4-9,12H,10-11H2,1-3H3. The maximum Gasteiger partial charge on any atom is 0.161 e. The summed E-state index contributed by atoms with van der Waals surface area (Å²) in [5.74, 6) is 1.51. The lowest BCUT2D eigenvalue weighted by molar-refractivity contribution is -0.117. The average molecular weight is 284 g/mol. The summed E-state index contributed by atoms with van der Waals surface area (Å²) in [7, 11) is 3.19. The van der Waals surface area contributed by atoms with E-state index in [2.05, 4.69) is 0 Å². The molecule has 0 heterocycles. The van der Waals surface area contributed by atoms with Gasteiger partial charge in [0.2, 0.25) is 0 Å². The molecule has 0 radical (unpaired) electrons. The van der Waals surface area contributed by atoms with Crippen molar-refractivity contribution >= 4 is 5.78 Å². The van der Waals surface area contributed by atoms with Crippen molar-refractivity contribution in [3.8, 4) is 11.5 Å². The van der Waals surface area contributed by atoms with Crippen LogP contribution in [-0.2, 0) is 17.6 Å². The van der Waals surface area contributed by atoms with E-state index in [1.165, 1.54) is 5.56 Å². The minimum absolute atomic E-state index is 0.186. The van der Waals surface area contributed by atoms with Crippen molar-refractivity contribution in [3.63, 3.8) is 0 Å². The number of benzene rings is 2. The normalized spacial score (nSPS) is 10.2. The second kappa shape index (κ2) is 6.93. The fraction of sp³-hybridized carbons (Fsp3) is 0.278. The van der Waals surface area contributed by atoms with Crippen molar-refractivity contribution in [1.29, 1.82) is 0 Å². The van der Waals surface area contributed by atoms with Gasteiger partial charge in [0.15, 0.2) is 11.5 Å². The summed E-state index contributed by atoms with van der Waals surface area (Å²) in [4.78, 5) is 12.1. The lowest BCUT2D eigenvalue weighted by atomic mass is 10.0. The minimum Gasteiger partial charge on any atom is -0.493 e. The predicted octanol–water partition coefficient (Wildman–Crippen LogP) is 3.37. The molecule has 0 atom stereocenters. The van der Waals surface area contributed by atoms with Crippen LogP contribution in [0.25, 0.3) is 0 Å². The van der Waals surface area contributed by atoms with E-state index in [0.29, 0.717) is 24.3 Å². The highest BCUT2D eigenvalue weighted by Gasteiger charge is 2.09. The molecular weight excluding hydrogens is 264 g/mol. The topological polar surface area (TPSA) is 35.5 Å². The molecule has 0 fully saturated rings. The van der Waals surface area contributed by atoms with Crippen LogP contribution in [0.1, 0.15) is 16.7 Å². The number of aryl methyl sites for hydroxylation is 1. The van der Waals surface area contributed by atoms with Crippen molar-refractivity contribution in [2.24, 2.45) is 0 Å². The Morgan fingerprint density at radius 1 is 0.857 bits per heavy atom. The molecule has 0 aliphatic carbocycles. The molecule has 0 saturated carbocycles. The molecule has 2 aromatic carbocycles. The van der Waals surface area contributed by atoms with Gasteiger partial charge in [-0.3, -0.25) is 4.79 Å². The van der Waals surface area contributed by atoms with E-state index >= 15 is 0 Å². The van der Waals surface area contributed by atoms with Crippen LogP contribution in [-0.4, -0.2) is 20.0 Å². The molecule has 0 aliphatic heterocycles. The minimum atomic E-state index is 0.186. The summed E-state index contributed by atoms with van der Waals surface area (Å²) in [6.45, 7) is 2.04. The zero-order valence-electron chi connectivity index (χ0n) is 12.7. The van der Waals surface area contributed by atoms with E-state index in [0.717, 1.165) is 11.1 Å². The molecule has 0 spiro atoms. The first-order valence-corrected chi connectivity index (χ1v) is 6.90. The molecule has 0 aromatic heterocycles. The molecule has 2 rings (SSSR count). The van der Waals surface area contributed by atoms with Crippen LogP contribution in [0, 0.1) is 6.92 Å². The second-order valence-corrected chi connectivity index (χ2v) is 5.07. The largest absolute Gasteiger partial charge is 0.493 e. The Labute approximate surface area is 125 Å². The molecule has 21 heavy (non-hydrogen) atoms. The number of carbonyl (C=O) groups is 1. The second-order valence-electron chi connectivity index (χ2n) is 5.07. The van der Waals surface area contributed by atoms with Gasteiger partial charge in [-0.1, -0.05) is 35.9 Å². The van der Waals surface area contributed by atoms with Gasteiger partial charge in [0, 0.05) is 12.8 Å². The Morgan fingerprint density at radius 2 is 1.43 bits per heavy atom. The van der Waals surface area contributed by atoms with Crippen molar-refractivity contribution in [3.05, 3.63) is 59.2 Å². The quantitative estimate of drug-likeness (QED) is 0.816. The SMILES string of the molecule is COc1ccc(CC(=O)Cc2ccc(C)cc2)cc1OC. The van der Waals surface area contributed by atoms with Gasteiger partial charge in [0.1, 0.15) is 5.78 Å². The first-order valence-electron chi connectivity index (χ1n) is 6.90. The third-order valence-corrected chi connectivity index (χ3v) is 3.37. The zero-order chi connectivity index (χ0) is 15.2. The molecule has 0 saturated heterocycles. The molecule has 3 heteroatoms. The highest BCUT2D eigenvalue weighted by atomic mass is 16.5. The maximum atomic E-state index is 12.1. The highest BCUT2D eigenvalue weighted by Crippen LogP contribution is 2.27. The smallest absolute Gasteiger partial charge is 0.161 e. The predicted molar refractivity (Wildman–Crippen MR) is 83.1 cm³/mol. The molecule has 2 aromatic rings. The van der Waals surface area contributed by atoms with Crippen LogP contribution < -0.4 is 9.47 Å². The number of methoxy groups -OCH3 is 2. The zero-order valence-corrected chi connectivity index (χ0v) is 12.7. The Bertz CT molecular complexity index is 615. The monoisotopic (exact) mass is 284 g/mol. The number of Topliss-reactive ketones (excluding diaryl/α,β-unsaturated/α-hetero) is 1. The summed E-state index contributed by atoms with van der Waals surface area (Å²) in [5, 5.41) is 0. The van der Waals surface area contributed by atoms with E-state index in [-0.39, 0.29) is 5.78 Å². The number of carbonyl (C=O) groups excluding carboxylic acids is 1. The van der Waals surface area contributed by atoms with E-state index in [1.807, 2.05) is 49.4 Å². The molecule has 3 nitrogen and oxygen atoms in total. The molecule has 0 N–H and O–H groups in total. The summed E-state index contributed by atoms with van der Waals surface area (Å²) >= 11 is 0. The van der Waals surface area contributed by atoms with Crippen LogP contribution in [0.4, 0.5) is 0 Å². The van der Waals surface area contributed by atoms with Gasteiger partial charge in [0.25, 0.3) is 0 Å². The number of rotatable bonds is 6. The molecule has 0 bridgehead atoms. The third kappa shape index (κ3) is 4.09. The number of hydrogen-bond donors (Lipinski definition) is 0. The van der Waals surface area contributed by atoms with Crippen LogP contribution in [0.3, 0.4) is 0 Å². The molecule has 0 unspecified atom stereocenters. The Balaban J connectivity index is 2.04. The number of ether oxygens (including phenoxy) is 2. The van der Waals surface area contributed by atoms with Crippen molar-refractivity contribution in [2.45, 2.75) is 19.8 Å². The molecule has 110 valence electrons. The number of ketones is 1. The van der Waals surface area contributed by atoms with E-state index in [9.17, 15) is 4.79 Å². The van der Waals surface area contributed by atoms with Gasteiger partial charge in [-0.05, 0) is 30.2 Å². The molecule has 0 aliphatic rings. The Morgan fingerprint density at radius 3 is 2.05 bits per heavy atom. The van der Waals surface area contributed by atoms with Gasteiger partial charge in [0.05, 0.1) is 14.2 Å². The van der Waals surface area contributed by atoms with Crippen molar-refractivity contribution < 1.29 is 14.3 Å². The van der Waals surface area contributed by atoms with Crippen LogP contribution in [0.2, 0.25) is 0 Å². The Hall–Kier alpha value is -2.29. The fourth-order valence-electron chi connectivity index (χ4n) is 2.21. The van der Waals surface area contributed by atoms with Crippen molar-refractivity contribution in [1.82, 2.24) is 0 Å². The molecular formula is C18H20O3. The summed E-state index contributed by atoms with van der Waals surface area (Å²) < 4.78 is 10.4. The fourth-order valence-corrected chi connectivity index (χ4v) is 2.21. The summed E-state index contributed by atoms with van der Waals surface area (Å²) in [6.07, 6.45) is 0.850. The summed E-state index contributed by atoms with van der Waals surface area (Å²) in [6, 6.07) is 13.6. The van der Waals surface area contributed by atoms with E-state index in [4.69, 9.17) is 9.47 Å². The van der Waals surface area contributed by atoms with Crippen LogP contribution in [0.5, 0.6) is 11.5 Å². The first-order chi connectivity index (χ1) is 10.1. The highest BCUT2D eigenvalue weighted by molar-refractivity contribution is 5.83. The van der Waals surface area contributed by atoms with Crippen LogP contribution in [0.15, 0.2) is 42.5 Å². The Kier molecular flexibility index (Phi) is 4.99. The molecule has 0 amide bonds. The summed E-state index contributed by atoms with van der Waals surface area (Å²) in [5.41, 5.74) is 3.18. The van der Waals surface area contributed by atoms with E-state index < -0.39 is 0 Å². The maximum absolute atomic E-state index is 12.1. The van der Waals surface area contributed by atoms with Gasteiger partial charge in [-0.25, -0.2) is 0 Å². The van der Waals surface area contributed by atoms with Crippen molar-refractivity contribution in [2.75, 3.05) is 14.2 Å². The lowest BCUT2D eigenvalue weighted by Gasteiger charge is -2.09. The van der Waals surface area contributed by atoms with Gasteiger partial charge >= 0.3 is 0 Å². The van der Waals surface area contributed by atoms with Gasteiger partial charge < -0.3 is 9.47 Å². The third-order valence-electron chi connectivity index (χ3n) is 3.37. The lowest BCUT2D eigenvalue weighted by Crippen LogP contribution is -2.07.